The van der Waals surface area contributed by atoms with Gasteiger partial charge in [0.15, 0.2) is 0 Å². The van der Waals surface area contributed by atoms with E-state index in [1.165, 1.54) is 0 Å². The van der Waals surface area contributed by atoms with E-state index in [1.807, 2.05) is 54.6 Å². The van der Waals surface area contributed by atoms with Crippen LogP contribution in [0.5, 0.6) is 11.5 Å². The summed E-state index contributed by atoms with van der Waals surface area (Å²) in [5.74, 6) is -0.251. The van der Waals surface area contributed by atoms with Gasteiger partial charge in [0, 0.05) is 12.1 Å². The topological polar surface area (TPSA) is 79.3 Å². The van der Waals surface area contributed by atoms with Crippen molar-refractivity contribution in [2.75, 3.05) is 33.3 Å². The van der Waals surface area contributed by atoms with Crippen molar-refractivity contribution < 1.29 is 24.2 Å². The van der Waals surface area contributed by atoms with Gasteiger partial charge in [0.25, 0.3) is 11.7 Å². The molecule has 204 valence electrons. The van der Waals surface area contributed by atoms with Gasteiger partial charge in [0.1, 0.15) is 23.9 Å². The van der Waals surface area contributed by atoms with Crippen LogP contribution in [-0.4, -0.2) is 59.9 Å². The quantitative estimate of drug-likeness (QED) is 0.192. The predicted molar refractivity (Wildman–Crippen MR) is 152 cm³/mol. The van der Waals surface area contributed by atoms with E-state index >= 15 is 0 Å². The summed E-state index contributed by atoms with van der Waals surface area (Å²) in [6.07, 6.45) is 0.711. The van der Waals surface area contributed by atoms with Crippen LogP contribution >= 0.6 is 0 Å². The lowest BCUT2D eigenvalue weighted by Crippen LogP contribution is -2.33. The number of benzene rings is 3. The molecular formula is C32H36N2O5. The van der Waals surface area contributed by atoms with Crippen molar-refractivity contribution in [1.82, 2.24) is 9.80 Å². The van der Waals surface area contributed by atoms with Crippen molar-refractivity contribution >= 4 is 17.4 Å². The number of methoxy groups -OCH3 is 1. The van der Waals surface area contributed by atoms with E-state index in [2.05, 4.69) is 18.7 Å². The first-order valence-corrected chi connectivity index (χ1v) is 13.4. The normalized spacial score (nSPS) is 16.6. The van der Waals surface area contributed by atoms with Gasteiger partial charge < -0.3 is 24.4 Å². The van der Waals surface area contributed by atoms with Crippen molar-refractivity contribution in [2.45, 2.75) is 32.9 Å². The van der Waals surface area contributed by atoms with Crippen molar-refractivity contribution in [3.05, 3.63) is 101 Å². The first-order valence-electron chi connectivity index (χ1n) is 13.4. The van der Waals surface area contributed by atoms with Crippen LogP contribution in [0.4, 0.5) is 0 Å². The van der Waals surface area contributed by atoms with Gasteiger partial charge in [-0.15, -0.1) is 0 Å². The summed E-state index contributed by atoms with van der Waals surface area (Å²) in [5, 5.41) is 11.4. The summed E-state index contributed by atoms with van der Waals surface area (Å²) in [6, 6.07) is 23.3. The molecule has 1 heterocycles. The molecule has 4 rings (SSSR count). The molecule has 1 aliphatic rings. The van der Waals surface area contributed by atoms with Gasteiger partial charge in [0.2, 0.25) is 0 Å². The molecule has 1 aliphatic heterocycles. The van der Waals surface area contributed by atoms with Crippen molar-refractivity contribution in [3.8, 4) is 11.5 Å². The number of carbonyl (C=O) groups is 2. The van der Waals surface area contributed by atoms with E-state index < -0.39 is 17.7 Å². The number of likely N-dealkylation sites (tertiary alicyclic amines) is 1. The lowest BCUT2D eigenvalue weighted by Gasteiger charge is -2.27. The number of ether oxygens (including phenoxy) is 2. The number of rotatable bonds is 12. The van der Waals surface area contributed by atoms with Gasteiger partial charge in [-0.3, -0.25) is 9.59 Å². The number of aliphatic hydroxyl groups excluding tert-OH is 1. The molecule has 0 saturated carbocycles. The molecule has 1 fully saturated rings. The number of ketones is 1. The Balaban J connectivity index is 1.63. The van der Waals surface area contributed by atoms with Gasteiger partial charge in [-0.25, -0.2) is 0 Å². The first kappa shape index (κ1) is 27.9. The highest BCUT2D eigenvalue weighted by Crippen LogP contribution is 2.40. The van der Waals surface area contributed by atoms with Gasteiger partial charge in [0.05, 0.1) is 18.7 Å². The number of Topliss-reactive ketones (excluding diaryl/α,β-unsaturated/α-hetero) is 1. The van der Waals surface area contributed by atoms with E-state index in [-0.39, 0.29) is 11.3 Å². The van der Waals surface area contributed by atoms with Crippen molar-refractivity contribution in [2.24, 2.45) is 0 Å². The molecule has 1 unspecified atom stereocenters. The molecule has 0 spiro atoms. The number of hydrogen-bond donors (Lipinski definition) is 1. The Bertz CT molecular complexity index is 1300. The fourth-order valence-corrected chi connectivity index (χ4v) is 4.88. The highest BCUT2D eigenvalue weighted by Gasteiger charge is 2.45. The number of nitrogens with zero attached hydrogens (tertiary/aromatic N) is 2. The third-order valence-corrected chi connectivity index (χ3v) is 7.09. The molecule has 0 radical (unpaired) electrons. The van der Waals surface area contributed by atoms with Crippen LogP contribution in [-0.2, 0) is 16.2 Å². The van der Waals surface area contributed by atoms with Crippen molar-refractivity contribution in [1.29, 1.82) is 0 Å². The molecule has 0 bridgehead atoms. The van der Waals surface area contributed by atoms with Crippen LogP contribution in [0.1, 0.15) is 43.0 Å². The summed E-state index contributed by atoms with van der Waals surface area (Å²) >= 11 is 0. The monoisotopic (exact) mass is 528 g/mol. The zero-order valence-corrected chi connectivity index (χ0v) is 22.8. The molecule has 7 heteroatoms. The van der Waals surface area contributed by atoms with E-state index in [1.54, 1.807) is 36.3 Å². The van der Waals surface area contributed by atoms with Crippen LogP contribution < -0.4 is 9.47 Å². The van der Waals surface area contributed by atoms with Gasteiger partial charge >= 0.3 is 0 Å². The predicted octanol–water partition coefficient (Wildman–Crippen LogP) is 5.43. The minimum atomic E-state index is -0.717. The smallest absolute Gasteiger partial charge is 0.295 e. The van der Waals surface area contributed by atoms with Crippen LogP contribution in [0, 0.1) is 0 Å². The number of amides is 1. The summed E-state index contributed by atoms with van der Waals surface area (Å²) < 4.78 is 11.3. The lowest BCUT2D eigenvalue weighted by molar-refractivity contribution is -0.140. The lowest BCUT2D eigenvalue weighted by atomic mass is 9.95. The summed E-state index contributed by atoms with van der Waals surface area (Å²) in [7, 11) is 1.57. The fraction of sp³-hybridized carbons (Fsp3) is 0.312. The first-order chi connectivity index (χ1) is 19.0. The molecule has 3 aromatic rings. The van der Waals surface area contributed by atoms with Gasteiger partial charge in [-0.1, -0.05) is 56.3 Å². The maximum Gasteiger partial charge on any atom is 0.295 e. The van der Waals surface area contributed by atoms with Crippen LogP contribution in [0.3, 0.4) is 0 Å². The Hall–Kier alpha value is -4.10. The van der Waals surface area contributed by atoms with E-state index in [0.29, 0.717) is 42.2 Å². The second-order valence-electron chi connectivity index (χ2n) is 9.45. The minimum Gasteiger partial charge on any atom is -0.507 e. The molecule has 7 nitrogen and oxygen atoms in total. The Morgan fingerprint density at radius 1 is 0.923 bits per heavy atom. The molecule has 1 N–H and O–H groups in total. The molecular weight excluding hydrogens is 492 g/mol. The molecule has 0 aliphatic carbocycles. The van der Waals surface area contributed by atoms with Crippen LogP contribution in [0.2, 0.25) is 0 Å². The summed E-state index contributed by atoms with van der Waals surface area (Å²) in [4.78, 5) is 30.4. The zero-order chi connectivity index (χ0) is 27.8. The Morgan fingerprint density at radius 3 is 2.31 bits per heavy atom. The largest absolute Gasteiger partial charge is 0.507 e. The molecule has 3 aromatic carbocycles. The maximum atomic E-state index is 13.3. The average Bonchev–Trinajstić information content (AvgIpc) is 3.23. The molecule has 1 atom stereocenters. The van der Waals surface area contributed by atoms with E-state index in [0.717, 1.165) is 25.2 Å². The summed E-state index contributed by atoms with van der Waals surface area (Å²) in [6.45, 7) is 7.66. The maximum absolute atomic E-state index is 13.3. The third-order valence-electron chi connectivity index (χ3n) is 7.09. The van der Waals surface area contributed by atoms with Crippen LogP contribution in [0.25, 0.3) is 5.76 Å². The second kappa shape index (κ2) is 13.1. The fourth-order valence-electron chi connectivity index (χ4n) is 4.88. The Kier molecular flexibility index (Phi) is 9.39. The molecule has 1 saturated heterocycles. The highest BCUT2D eigenvalue weighted by atomic mass is 16.5. The molecule has 39 heavy (non-hydrogen) atoms. The van der Waals surface area contributed by atoms with Crippen molar-refractivity contribution in [3.63, 3.8) is 0 Å². The third kappa shape index (κ3) is 6.49. The zero-order valence-electron chi connectivity index (χ0n) is 22.8. The number of carbonyl (C=O) groups excluding carboxylic acids is 2. The number of hydrogen-bond acceptors (Lipinski definition) is 6. The SMILES string of the molecule is CCN(CC)CCCN1C(=O)C(=O)C(=C(O)c2ccc(OCc3ccccc3)cc2)C1c1cccc(OC)c1. The minimum absolute atomic E-state index is 0.0778. The highest BCUT2D eigenvalue weighted by molar-refractivity contribution is 6.46. The van der Waals surface area contributed by atoms with Gasteiger partial charge in [-0.05, 0) is 73.6 Å². The standard InChI is InChI=1S/C32H36N2O5/c1-4-33(5-2)19-10-20-34-29(25-13-9-14-27(21-25)38-3)28(31(36)32(34)37)30(35)24-15-17-26(18-16-24)39-22-23-11-7-6-8-12-23/h6-9,11-18,21,29,35H,4-5,10,19-20,22H2,1-3H3. The molecule has 1 amide bonds. The average molecular weight is 529 g/mol. The Morgan fingerprint density at radius 2 is 1.64 bits per heavy atom. The molecule has 0 aromatic heterocycles. The van der Waals surface area contributed by atoms with Gasteiger partial charge in [-0.2, -0.15) is 0 Å². The van der Waals surface area contributed by atoms with E-state index in [4.69, 9.17) is 9.47 Å². The van der Waals surface area contributed by atoms with Crippen LogP contribution in [0.15, 0.2) is 84.4 Å². The number of aliphatic hydroxyl groups is 1. The Labute approximate surface area is 230 Å². The van der Waals surface area contributed by atoms with E-state index in [9.17, 15) is 14.7 Å². The summed E-state index contributed by atoms with van der Waals surface area (Å²) in [5.41, 5.74) is 2.27. The second-order valence-corrected chi connectivity index (χ2v) is 9.45.